The summed E-state index contributed by atoms with van der Waals surface area (Å²) in [5, 5.41) is -0.337. The summed E-state index contributed by atoms with van der Waals surface area (Å²) in [4.78, 5) is 15.5. The van der Waals surface area contributed by atoms with Gasteiger partial charge in [-0.1, -0.05) is 17.7 Å². The van der Waals surface area contributed by atoms with Gasteiger partial charge in [0, 0.05) is 17.3 Å². The van der Waals surface area contributed by atoms with Crippen molar-refractivity contribution in [3.63, 3.8) is 0 Å². The van der Waals surface area contributed by atoms with Crippen molar-refractivity contribution in [3.8, 4) is 11.3 Å². The second kappa shape index (κ2) is 6.13. The van der Waals surface area contributed by atoms with Crippen LogP contribution in [-0.2, 0) is 4.74 Å². The largest absolute Gasteiger partial charge is 0.465 e. The van der Waals surface area contributed by atoms with Crippen molar-refractivity contribution in [1.82, 2.24) is 4.98 Å². The molecule has 0 saturated carbocycles. The van der Waals surface area contributed by atoms with E-state index in [4.69, 9.17) is 11.6 Å². The van der Waals surface area contributed by atoms with Gasteiger partial charge in [-0.2, -0.15) is 0 Å². The van der Waals surface area contributed by atoms with Gasteiger partial charge in [-0.05, 0) is 18.2 Å². The van der Waals surface area contributed by atoms with Crippen LogP contribution in [0.5, 0.6) is 0 Å². The molecule has 2 aromatic rings. The molecule has 0 bridgehead atoms. The number of ether oxygens (including phenoxy) is 1. The molecule has 1 aromatic carbocycles. The van der Waals surface area contributed by atoms with Crippen LogP contribution < -0.4 is 0 Å². The number of hydrogen-bond donors (Lipinski definition) is 0. The van der Waals surface area contributed by atoms with Gasteiger partial charge in [0.15, 0.2) is 5.82 Å². The number of carbonyl (C=O) groups is 1. The van der Waals surface area contributed by atoms with Crippen molar-refractivity contribution in [2.45, 2.75) is 6.43 Å². The van der Waals surface area contributed by atoms with E-state index in [-0.39, 0.29) is 16.3 Å². The maximum atomic E-state index is 14.2. The Morgan fingerprint density at radius 3 is 2.67 bits per heavy atom. The highest BCUT2D eigenvalue weighted by molar-refractivity contribution is 6.31. The van der Waals surface area contributed by atoms with E-state index in [2.05, 4.69) is 9.72 Å². The lowest BCUT2D eigenvalue weighted by Crippen LogP contribution is -2.07. The van der Waals surface area contributed by atoms with Gasteiger partial charge in [-0.25, -0.2) is 18.0 Å². The SMILES string of the molecule is COC(=O)c1cccnc1-c1c(C(F)F)ccc(Cl)c1F. The first kappa shape index (κ1) is 15.3. The van der Waals surface area contributed by atoms with Crippen molar-refractivity contribution in [1.29, 1.82) is 0 Å². The number of nitrogens with zero attached hydrogens (tertiary/aromatic N) is 1. The Labute approximate surface area is 123 Å². The first-order chi connectivity index (χ1) is 9.97. The molecule has 0 aliphatic carbocycles. The highest BCUT2D eigenvalue weighted by Gasteiger charge is 2.25. The molecule has 0 radical (unpaired) electrons. The summed E-state index contributed by atoms with van der Waals surface area (Å²) < 4.78 is 44.9. The van der Waals surface area contributed by atoms with Gasteiger partial charge in [0.1, 0.15) is 0 Å². The van der Waals surface area contributed by atoms with Crippen LogP contribution in [0.2, 0.25) is 5.02 Å². The Kier molecular flexibility index (Phi) is 4.47. The average Bonchev–Trinajstić information content (AvgIpc) is 2.48. The Morgan fingerprint density at radius 2 is 2.05 bits per heavy atom. The van der Waals surface area contributed by atoms with Crippen molar-refractivity contribution in [2.75, 3.05) is 7.11 Å². The van der Waals surface area contributed by atoms with Gasteiger partial charge in [-0.3, -0.25) is 4.98 Å². The lowest BCUT2D eigenvalue weighted by atomic mass is 9.99. The lowest BCUT2D eigenvalue weighted by Gasteiger charge is -2.13. The summed E-state index contributed by atoms with van der Waals surface area (Å²) in [5.41, 5.74) is -1.46. The number of carbonyl (C=O) groups excluding carboxylic acids is 1. The first-order valence-electron chi connectivity index (χ1n) is 5.77. The zero-order valence-corrected chi connectivity index (χ0v) is 11.5. The van der Waals surface area contributed by atoms with E-state index in [0.717, 1.165) is 19.2 Å². The second-order valence-electron chi connectivity index (χ2n) is 4.02. The van der Waals surface area contributed by atoms with E-state index in [9.17, 15) is 18.0 Å². The standard InChI is InChI=1S/C14H9ClF3NO2/c1-21-14(20)8-3-2-6-19-12(8)10-7(13(17)18)4-5-9(15)11(10)16/h2-6,13H,1H3. The fourth-order valence-corrected chi connectivity index (χ4v) is 2.02. The van der Waals surface area contributed by atoms with Crippen LogP contribution >= 0.6 is 11.6 Å². The van der Waals surface area contributed by atoms with Gasteiger partial charge in [0.2, 0.25) is 0 Å². The number of rotatable bonds is 3. The summed E-state index contributed by atoms with van der Waals surface area (Å²) in [6.07, 6.45) is -1.68. The molecular formula is C14H9ClF3NO2. The fraction of sp³-hybridized carbons (Fsp3) is 0.143. The minimum Gasteiger partial charge on any atom is -0.465 e. The van der Waals surface area contributed by atoms with Crippen molar-refractivity contribution >= 4 is 17.6 Å². The van der Waals surface area contributed by atoms with E-state index >= 15 is 0 Å². The van der Waals surface area contributed by atoms with Crippen molar-refractivity contribution < 1.29 is 22.7 Å². The first-order valence-corrected chi connectivity index (χ1v) is 6.15. The van der Waals surface area contributed by atoms with Crippen molar-refractivity contribution in [3.05, 3.63) is 52.4 Å². The minimum atomic E-state index is -2.95. The van der Waals surface area contributed by atoms with Crippen LogP contribution in [-0.4, -0.2) is 18.1 Å². The monoisotopic (exact) mass is 315 g/mol. The van der Waals surface area contributed by atoms with Crippen LogP contribution in [0.1, 0.15) is 22.3 Å². The van der Waals surface area contributed by atoms with E-state index < -0.39 is 29.3 Å². The molecule has 0 atom stereocenters. The summed E-state index contributed by atoms with van der Waals surface area (Å²) >= 11 is 5.64. The molecule has 2 rings (SSSR count). The van der Waals surface area contributed by atoms with Crippen LogP contribution in [0.15, 0.2) is 30.5 Å². The Morgan fingerprint density at radius 1 is 1.33 bits per heavy atom. The van der Waals surface area contributed by atoms with E-state index in [0.29, 0.717) is 0 Å². The predicted molar refractivity (Wildman–Crippen MR) is 70.9 cm³/mol. The molecule has 110 valence electrons. The second-order valence-corrected chi connectivity index (χ2v) is 4.42. The normalized spacial score (nSPS) is 10.8. The molecule has 1 heterocycles. The van der Waals surface area contributed by atoms with Crippen LogP contribution in [0.25, 0.3) is 11.3 Å². The number of aromatic nitrogens is 1. The molecule has 3 nitrogen and oxygen atoms in total. The minimum absolute atomic E-state index is 0.122. The molecule has 0 unspecified atom stereocenters. The van der Waals surface area contributed by atoms with Crippen LogP contribution in [0.4, 0.5) is 13.2 Å². The van der Waals surface area contributed by atoms with Crippen LogP contribution in [0.3, 0.4) is 0 Å². The molecule has 0 N–H and O–H groups in total. The topological polar surface area (TPSA) is 39.2 Å². The van der Waals surface area contributed by atoms with Crippen molar-refractivity contribution in [2.24, 2.45) is 0 Å². The fourth-order valence-electron chi connectivity index (χ4n) is 1.87. The molecule has 0 saturated heterocycles. The summed E-state index contributed by atoms with van der Waals surface area (Å²) in [5.74, 6) is -1.86. The third kappa shape index (κ3) is 2.85. The number of halogens is 4. The Bertz CT molecular complexity index is 692. The molecule has 7 heteroatoms. The molecule has 0 aliphatic rings. The Hall–Kier alpha value is -2.08. The average molecular weight is 316 g/mol. The van der Waals surface area contributed by atoms with Crippen LogP contribution in [0, 0.1) is 5.82 Å². The Balaban J connectivity index is 2.78. The van der Waals surface area contributed by atoms with Gasteiger partial charge in [0.25, 0.3) is 6.43 Å². The molecule has 0 amide bonds. The highest BCUT2D eigenvalue weighted by Crippen LogP contribution is 2.36. The zero-order valence-electron chi connectivity index (χ0n) is 10.7. The maximum Gasteiger partial charge on any atom is 0.340 e. The smallest absolute Gasteiger partial charge is 0.340 e. The molecule has 0 aliphatic heterocycles. The molecule has 21 heavy (non-hydrogen) atoms. The predicted octanol–water partition coefficient (Wildman–Crippen LogP) is 4.27. The van der Waals surface area contributed by atoms with E-state index in [1.165, 1.54) is 18.3 Å². The third-order valence-corrected chi connectivity index (χ3v) is 3.10. The quantitative estimate of drug-likeness (QED) is 0.794. The highest BCUT2D eigenvalue weighted by atomic mass is 35.5. The van der Waals surface area contributed by atoms with Gasteiger partial charge >= 0.3 is 5.97 Å². The lowest BCUT2D eigenvalue weighted by molar-refractivity contribution is 0.0601. The number of benzene rings is 1. The number of methoxy groups -OCH3 is 1. The number of alkyl halides is 2. The zero-order chi connectivity index (χ0) is 15.6. The summed E-state index contributed by atoms with van der Waals surface area (Å²) in [6, 6.07) is 4.76. The van der Waals surface area contributed by atoms with Gasteiger partial charge < -0.3 is 4.74 Å². The number of hydrogen-bond acceptors (Lipinski definition) is 3. The third-order valence-electron chi connectivity index (χ3n) is 2.81. The number of pyridine rings is 1. The maximum absolute atomic E-state index is 14.2. The summed E-state index contributed by atoms with van der Waals surface area (Å²) in [6.45, 7) is 0. The van der Waals surface area contributed by atoms with E-state index in [1.54, 1.807) is 0 Å². The number of esters is 1. The van der Waals surface area contributed by atoms with E-state index in [1.807, 2.05) is 0 Å². The van der Waals surface area contributed by atoms with Gasteiger partial charge in [-0.15, -0.1) is 0 Å². The molecule has 0 spiro atoms. The van der Waals surface area contributed by atoms with Gasteiger partial charge in [0.05, 0.1) is 23.4 Å². The molecule has 0 fully saturated rings. The molecular weight excluding hydrogens is 307 g/mol. The molecule has 1 aromatic heterocycles. The summed E-state index contributed by atoms with van der Waals surface area (Å²) in [7, 11) is 1.13.